The minimum atomic E-state index is -0.686. The monoisotopic (exact) mass is 391 g/mol. The minimum absolute atomic E-state index is 0.135. The summed E-state index contributed by atoms with van der Waals surface area (Å²) in [5.41, 5.74) is 8.48. The number of nitrogens with one attached hydrogen (secondary N) is 2. The molecule has 0 fully saturated rings. The molecule has 5 N–H and O–H groups in total. The molecule has 0 saturated heterocycles. The van der Waals surface area contributed by atoms with Gasteiger partial charge in [0.05, 0.1) is 0 Å². The number of nitrogens with two attached hydrogens (primary N) is 1. The molecule has 0 aliphatic heterocycles. The summed E-state index contributed by atoms with van der Waals surface area (Å²) in [6, 6.07) is 9.89. The summed E-state index contributed by atoms with van der Waals surface area (Å²) in [5, 5.41) is 11.5. The summed E-state index contributed by atoms with van der Waals surface area (Å²) >= 11 is 0. The van der Waals surface area contributed by atoms with Crippen molar-refractivity contribution in [2.24, 2.45) is 5.73 Å². The highest BCUT2D eigenvalue weighted by atomic mass is 16.5. The molecule has 6 nitrogen and oxygen atoms in total. The number of hydrogen-bond acceptors (Lipinski definition) is 4. The fraction of sp³-hybridized carbons (Fsp3) is 0.636. The number of hydroxylamine groups is 1. The van der Waals surface area contributed by atoms with Crippen LogP contribution in [0.2, 0.25) is 0 Å². The highest BCUT2D eigenvalue weighted by molar-refractivity contribution is 5.86. The predicted molar refractivity (Wildman–Crippen MR) is 112 cm³/mol. The van der Waals surface area contributed by atoms with E-state index in [0.29, 0.717) is 19.4 Å². The summed E-state index contributed by atoms with van der Waals surface area (Å²) in [6.45, 7) is 0.549. The van der Waals surface area contributed by atoms with Crippen molar-refractivity contribution in [1.29, 1.82) is 0 Å². The van der Waals surface area contributed by atoms with Crippen LogP contribution < -0.4 is 16.5 Å². The number of aryl methyl sites for hydroxylation is 1. The third kappa shape index (κ3) is 11.7. The SMILES string of the molecule is NCCCC[C@@H](NC(=O)CCCCCCCCCc1ccccc1)C(=O)NO. The number of amides is 2. The molecule has 0 aromatic heterocycles. The third-order valence-electron chi connectivity index (χ3n) is 4.92. The first-order chi connectivity index (χ1) is 13.7. The maximum Gasteiger partial charge on any atom is 0.265 e. The lowest BCUT2D eigenvalue weighted by Crippen LogP contribution is -2.45. The molecule has 6 heteroatoms. The molecule has 2 amide bonds. The van der Waals surface area contributed by atoms with Gasteiger partial charge in [-0.25, -0.2) is 5.48 Å². The van der Waals surface area contributed by atoms with E-state index < -0.39 is 11.9 Å². The van der Waals surface area contributed by atoms with Crippen molar-refractivity contribution in [2.75, 3.05) is 6.54 Å². The molecule has 1 aromatic rings. The summed E-state index contributed by atoms with van der Waals surface area (Å²) in [6.07, 6.45) is 11.5. The number of unbranched alkanes of at least 4 members (excludes halogenated alkanes) is 7. The Morgan fingerprint density at radius 2 is 1.54 bits per heavy atom. The van der Waals surface area contributed by atoms with Crippen LogP contribution in [0.4, 0.5) is 0 Å². The van der Waals surface area contributed by atoms with E-state index in [-0.39, 0.29) is 5.91 Å². The van der Waals surface area contributed by atoms with Gasteiger partial charge in [0, 0.05) is 6.42 Å². The van der Waals surface area contributed by atoms with Crippen molar-refractivity contribution in [3.63, 3.8) is 0 Å². The van der Waals surface area contributed by atoms with Gasteiger partial charge in [-0.05, 0) is 50.6 Å². The van der Waals surface area contributed by atoms with Gasteiger partial charge in [-0.2, -0.15) is 0 Å². The Morgan fingerprint density at radius 3 is 2.18 bits per heavy atom. The smallest absolute Gasteiger partial charge is 0.265 e. The normalized spacial score (nSPS) is 11.8. The van der Waals surface area contributed by atoms with E-state index >= 15 is 0 Å². The van der Waals surface area contributed by atoms with Crippen LogP contribution in [0.3, 0.4) is 0 Å². The third-order valence-corrected chi connectivity index (χ3v) is 4.92. The molecule has 1 atom stereocenters. The molecule has 0 radical (unpaired) electrons. The van der Waals surface area contributed by atoms with Crippen LogP contribution in [0, 0.1) is 0 Å². The van der Waals surface area contributed by atoms with Gasteiger partial charge in [-0.1, -0.05) is 62.4 Å². The molecular weight excluding hydrogens is 354 g/mol. The first-order valence-corrected chi connectivity index (χ1v) is 10.6. The maximum atomic E-state index is 12.0. The second kappa shape index (κ2) is 16.1. The van der Waals surface area contributed by atoms with E-state index in [2.05, 4.69) is 29.6 Å². The second-order valence-electron chi connectivity index (χ2n) is 7.34. The average Bonchev–Trinajstić information content (AvgIpc) is 2.72. The quantitative estimate of drug-likeness (QED) is 0.197. The van der Waals surface area contributed by atoms with Crippen LogP contribution in [0.5, 0.6) is 0 Å². The molecule has 1 aromatic carbocycles. The van der Waals surface area contributed by atoms with Gasteiger partial charge in [0.15, 0.2) is 0 Å². The highest BCUT2D eigenvalue weighted by Crippen LogP contribution is 2.11. The maximum absolute atomic E-state index is 12.0. The summed E-state index contributed by atoms with van der Waals surface area (Å²) in [5.74, 6) is -0.704. The first-order valence-electron chi connectivity index (χ1n) is 10.6. The van der Waals surface area contributed by atoms with E-state index in [1.807, 2.05) is 6.07 Å². The molecule has 0 spiro atoms. The molecule has 0 aliphatic carbocycles. The zero-order valence-corrected chi connectivity index (χ0v) is 17.0. The average molecular weight is 392 g/mol. The molecule has 0 heterocycles. The van der Waals surface area contributed by atoms with Gasteiger partial charge < -0.3 is 11.1 Å². The standard InChI is InChI=1S/C22H37N3O3/c23-18-12-11-16-20(22(27)25-28)24-21(26)17-10-5-3-1-2-4-7-13-19-14-8-6-9-15-19/h6,8-9,14-15,20,28H,1-5,7,10-13,16-18,23H2,(H,24,26)(H,25,27)/t20-/m1/s1. The van der Waals surface area contributed by atoms with Crippen LogP contribution >= 0.6 is 0 Å². The van der Waals surface area contributed by atoms with Gasteiger partial charge in [-0.15, -0.1) is 0 Å². The number of benzene rings is 1. The lowest BCUT2D eigenvalue weighted by molar-refractivity contribution is -0.135. The van der Waals surface area contributed by atoms with Crippen LogP contribution in [0.1, 0.15) is 76.2 Å². The van der Waals surface area contributed by atoms with Crippen molar-refractivity contribution in [1.82, 2.24) is 10.8 Å². The fourth-order valence-corrected chi connectivity index (χ4v) is 3.25. The van der Waals surface area contributed by atoms with Crippen LogP contribution in [0.25, 0.3) is 0 Å². The van der Waals surface area contributed by atoms with E-state index in [9.17, 15) is 9.59 Å². The van der Waals surface area contributed by atoms with Gasteiger partial charge in [0.2, 0.25) is 5.91 Å². The number of rotatable bonds is 16. The summed E-state index contributed by atoms with van der Waals surface area (Å²) < 4.78 is 0. The summed E-state index contributed by atoms with van der Waals surface area (Å²) in [7, 11) is 0. The van der Waals surface area contributed by atoms with E-state index in [1.54, 1.807) is 5.48 Å². The Hall–Kier alpha value is -1.92. The lowest BCUT2D eigenvalue weighted by atomic mass is 10.0. The zero-order valence-electron chi connectivity index (χ0n) is 17.0. The Morgan fingerprint density at radius 1 is 0.893 bits per heavy atom. The molecular formula is C22H37N3O3. The van der Waals surface area contributed by atoms with E-state index in [4.69, 9.17) is 10.9 Å². The topological polar surface area (TPSA) is 104 Å². The van der Waals surface area contributed by atoms with Gasteiger partial charge in [0.25, 0.3) is 5.91 Å². The van der Waals surface area contributed by atoms with Gasteiger partial charge >= 0.3 is 0 Å². The summed E-state index contributed by atoms with van der Waals surface area (Å²) in [4.78, 5) is 23.6. The zero-order chi connectivity index (χ0) is 20.5. The van der Waals surface area contributed by atoms with Crippen molar-refractivity contribution in [3.05, 3.63) is 35.9 Å². The van der Waals surface area contributed by atoms with Gasteiger partial charge in [-0.3, -0.25) is 14.8 Å². The van der Waals surface area contributed by atoms with E-state index in [0.717, 1.165) is 38.5 Å². The lowest BCUT2D eigenvalue weighted by Gasteiger charge is -2.16. The first kappa shape index (κ1) is 24.1. The van der Waals surface area contributed by atoms with Crippen molar-refractivity contribution < 1.29 is 14.8 Å². The molecule has 0 unspecified atom stereocenters. The molecule has 28 heavy (non-hydrogen) atoms. The number of carbonyl (C=O) groups excluding carboxylic acids is 2. The Kier molecular flexibility index (Phi) is 13.8. The van der Waals surface area contributed by atoms with Crippen molar-refractivity contribution in [3.8, 4) is 0 Å². The molecule has 158 valence electrons. The number of carbonyl (C=O) groups is 2. The predicted octanol–water partition coefficient (Wildman–Crippen LogP) is 3.47. The minimum Gasteiger partial charge on any atom is -0.344 e. The highest BCUT2D eigenvalue weighted by Gasteiger charge is 2.19. The van der Waals surface area contributed by atoms with Crippen LogP contribution in [0.15, 0.2) is 30.3 Å². The second-order valence-corrected chi connectivity index (χ2v) is 7.34. The van der Waals surface area contributed by atoms with Crippen LogP contribution in [-0.2, 0) is 16.0 Å². The van der Waals surface area contributed by atoms with Crippen molar-refractivity contribution in [2.45, 2.75) is 83.1 Å². The molecule has 0 bridgehead atoms. The Bertz CT molecular complexity index is 537. The molecule has 1 rings (SSSR count). The fourth-order valence-electron chi connectivity index (χ4n) is 3.25. The Labute approximate surface area is 169 Å². The van der Waals surface area contributed by atoms with Crippen molar-refractivity contribution >= 4 is 11.8 Å². The van der Waals surface area contributed by atoms with E-state index in [1.165, 1.54) is 31.2 Å². The number of hydrogen-bond donors (Lipinski definition) is 4. The largest absolute Gasteiger partial charge is 0.344 e. The van der Waals surface area contributed by atoms with Gasteiger partial charge in [0.1, 0.15) is 6.04 Å². The van der Waals surface area contributed by atoms with Crippen LogP contribution in [-0.4, -0.2) is 29.6 Å². The molecule has 0 saturated carbocycles. The molecule has 0 aliphatic rings. The Balaban J connectivity index is 2.03.